The molecule has 4 N–H and O–H groups in total. The Hall–Kier alpha value is -3.38. The van der Waals surface area contributed by atoms with Crippen LogP contribution in [0, 0.1) is 0 Å². The second-order valence-electron chi connectivity index (χ2n) is 6.17. The second kappa shape index (κ2) is 10.3. The van der Waals surface area contributed by atoms with E-state index in [0.29, 0.717) is 10.0 Å². The molecule has 0 spiro atoms. The topological polar surface area (TPSA) is 125 Å². The number of nitrogens with two attached hydrogens (primary N) is 2. The molecule has 0 aromatic heterocycles. The number of nitrogens with zero attached hydrogens (tertiary/aromatic N) is 1. The number of ketones is 2. The lowest BCUT2D eigenvalue weighted by molar-refractivity contribution is -0.274. The standard InChI is InChI=1S/C20H17BrF3N3O5/c1-31-19(30)18(29)9-17(28)14-7-4-12(21)8-15(14)27(26)16(10-25)11-2-5-13(6-3-11)32-20(22,23)24/h2-8,10H,9,25-26H2,1H3/b16-10-. The molecule has 0 aliphatic carbocycles. The van der Waals surface area contributed by atoms with Crippen molar-refractivity contribution in [3.63, 3.8) is 0 Å². The van der Waals surface area contributed by atoms with Crippen molar-refractivity contribution >= 4 is 44.9 Å². The van der Waals surface area contributed by atoms with E-state index in [9.17, 15) is 27.6 Å². The summed E-state index contributed by atoms with van der Waals surface area (Å²) < 4.78 is 45.8. The number of halogens is 4. The molecule has 2 aromatic rings. The first-order valence-electron chi connectivity index (χ1n) is 8.73. The van der Waals surface area contributed by atoms with Gasteiger partial charge < -0.3 is 15.2 Å². The van der Waals surface area contributed by atoms with E-state index < -0.39 is 36.1 Å². The normalized spacial score (nSPS) is 11.6. The summed E-state index contributed by atoms with van der Waals surface area (Å²) in [5, 5.41) is 1.03. The Balaban J connectivity index is 2.37. The highest BCUT2D eigenvalue weighted by Crippen LogP contribution is 2.31. The number of Topliss-reactive ketones (excluding diaryl/α,β-unsaturated/α-hetero) is 2. The van der Waals surface area contributed by atoms with Gasteiger partial charge in [0, 0.05) is 21.8 Å². The largest absolute Gasteiger partial charge is 0.573 e. The molecule has 170 valence electrons. The van der Waals surface area contributed by atoms with E-state index in [4.69, 9.17) is 11.6 Å². The van der Waals surface area contributed by atoms with Crippen LogP contribution in [0.3, 0.4) is 0 Å². The highest BCUT2D eigenvalue weighted by molar-refractivity contribution is 9.10. The predicted octanol–water partition coefficient (Wildman–Crippen LogP) is 3.30. The van der Waals surface area contributed by atoms with E-state index in [1.165, 1.54) is 30.3 Å². The minimum absolute atomic E-state index is 0.00401. The maximum atomic E-state index is 12.6. The smallest absolute Gasteiger partial charge is 0.463 e. The van der Waals surface area contributed by atoms with Crippen molar-refractivity contribution in [1.29, 1.82) is 0 Å². The van der Waals surface area contributed by atoms with Crippen LogP contribution in [0.15, 0.2) is 53.1 Å². The molecule has 0 amide bonds. The third-order valence-electron chi connectivity index (χ3n) is 4.05. The van der Waals surface area contributed by atoms with Crippen molar-refractivity contribution < 1.29 is 37.0 Å². The molecule has 8 nitrogen and oxygen atoms in total. The number of rotatable bonds is 8. The minimum atomic E-state index is -4.85. The molecule has 2 rings (SSSR count). The molecule has 0 bridgehead atoms. The van der Waals surface area contributed by atoms with Crippen LogP contribution >= 0.6 is 15.9 Å². The van der Waals surface area contributed by atoms with Crippen LogP contribution in [0.5, 0.6) is 5.75 Å². The number of methoxy groups -OCH3 is 1. The van der Waals surface area contributed by atoms with Gasteiger partial charge in [-0.3, -0.25) is 14.6 Å². The molecule has 0 saturated carbocycles. The number of benzene rings is 2. The molecule has 0 radical (unpaired) electrons. The highest BCUT2D eigenvalue weighted by atomic mass is 79.9. The SMILES string of the molecule is COC(=O)C(=O)CC(=O)c1ccc(Br)cc1N(N)/C(=C\N)c1ccc(OC(F)(F)F)cc1. The Morgan fingerprint density at radius 1 is 1.12 bits per heavy atom. The van der Waals surface area contributed by atoms with Gasteiger partial charge in [-0.2, -0.15) is 0 Å². The summed E-state index contributed by atoms with van der Waals surface area (Å²) in [6, 6.07) is 9.12. The maximum absolute atomic E-state index is 12.6. The lowest BCUT2D eigenvalue weighted by atomic mass is 10.0. The summed E-state index contributed by atoms with van der Waals surface area (Å²) in [6.07, 6.45) is -4.50. The summed E-state index contributed by atoms with van der Waals surface area (Å²) >= 11 is 3.26. The summed E-state index contributed by atoms with van der Waals surface area (Å²) in [5.41, 5.74) is 6.25. The number of hydrogen-bond acceptors (Lipinski definition) is 8. The highest BCUT2D eigenvalue weighted by Gasteiger charge is 2.31. The van der Waals surface area contributed by atoms with Gasteiger partial charge in [0.15, 0.2) is 5.78 Å². The Morgan fingerprint density at radius 2 is 1.75 bits per heavy atom. The van der Waals surface area contributed by atoms with E-state index in [1.807, 2.05) is 0 Å². The first-order chi connectivity index (χ1) is 15.0. The van der Waals surface area contributed by atoms with E-state index >= 15 is 0 Å². The molecule has 32 heavy (non-hydrogen) atoms. The van der Waals surface area contributed by atoms with Gasteiger partial charge in [-0.25, -0.2) is 10.6 Å². The van der Waals surface area contributed by atoms with E-state index in [0.717, 1.165) is 30.5 Å². The lowest BCUT2D eigenvalue weighted by Crippen LogP contribution is -2.31. The maximum Gasteiger partial charge on any atom is 0.573 e. The van der Waals surface area contributed by atoms with Crippen LogP contribution in [0.2, 0.25) is 0 Å². The molecule has 0 saturated heterocycles. The fraction of sp³-hybridized carbons (Fsp3) is 0.150. The lowest BCUT2D eigenvalue weighted by Gasteiger charge is -2.24. The van der Waals surface area contributed by atoms with E-state index in [2.05, 4.69) is 25.4 Å². The molecule has 0 unspecified atom stereocenters. The fourth-order valence-corrected chi connectivity index (χ4v) is 2.99. The summed E-state index contributed by atoms with van der Waals surface area (Å²) in [7, 11) is 1.01. The molecule has 0 heterocycles. The monoisotopic (exact) mass is 515 g/mol. The van der Waals surface area contributed by atoms with Crippen molar-refractivity contribution in [3.05, 3.63) is 64.3 Å². The summed E-state index contributed by atoms with van der Waals surface area (Å²) in [4.78, 5) is 35.7. The van der Waals surface area contributed by atoms with Gasteiger partial charge in [0.2, 0.25) is 5.78 Å². The first-order valence-corrected chi connectivity index (χ1v) is 9.53. The van der Waals surface area contributed by atoms with Crippen LogP contribution in [-0.2, 0) is 14.3 Å². The van der Waals surface area contributed by atoms with Crippen LogP contribution in [0.25, 0.3) is 5.70 Å². The zero-order valence-electron chi connectivity index (χ0n) is 16.5. The van der Waals surface area contributed by atoms with Crippen LogP contribution in [-0.4, -0.2) is 31.0 Å². The number of hydrogen-bond donors (Lipinski definition) is 2. The molecule has 0 fully saturated rings. The van der Waals surface area contributed by atoms with Crippen molar-refractivity contribution in [2.24, 2.45) is 11.6 Å². The molecule has 0 atom stereocenters. The van der Waals surface area contributed by atoms with Crippen molar-refractivity contribution in [1.82, 2.24) is 0 Å². The third kappa shape index (κ3) is 6.31. The predicted molar refractivity (Wildman–Crippen MR) is 112 cm³/mol. The zero-order valence-corrected chi connectivity index (χ0v) is 18.1. The summed E-state index contributed by atoms with van der Waals surface area (Å²) in [5.74, 6) is 2.82. The van der Waals surface area contributed by atoms with Gasteiger partial charge in [0.1, 0.15) is 5.75 Å². The Bertz CT molecular complexity index is 1060. The van der Waals surface area contributed by atoms with Gasteiger partial charge in [-0.05, 0) is 42.5 Å². The Labute approximate surface area is 188 Å². The Morgan fingerprint density at radius 3 is 2.28 bits per heavy atom. The van der Waals surface area contributed by atoms with E-state index in [-0.39, 0.29) is 16.9 Å². The first kappa shape index (κ1) is 24.9. The van der Waals surface area contributed by atoms with Crippen LogP contribution in [0.1, 0.15) is 22.3 Å². The third-order valence-corrected chi connectivity index (χ3v) is 4.55. The van der Waals surface area contributed by atoms with Crippen molar-refractivity contribution in [3.8, 4) is 5.75 Å². The quantitative estimate of drug-likeness (QED) is 0.137. The van der Waals surface area contributed by atoms with Gasteiger partial charge >= 0.3 is 12.3 Å². The summed E-state index contributed by atoms with van der Waals surface area (Å²) in [6.45, 7) is 0. The van der Waals surface area contributed by atoms with Gasteiger partial charge in [-0.15, -0.1) is 13.2 Å². The molecular weight excluding hydrogens is 499 g/mol. The molecule has 2 aromatic carbocycles. The fourth-order valence-electron chi connectivity index (χ4n) is 2.64. The van der Waals surface area contributed by atoms with Crippen molar-refractivity contribution in [2.75, 3.05) is 12.1 Å². The van der Waals surface area contributed by atoms with Gasteiger partial charge in [0.05, 0.1) is 24.9 Å². The van der Waals surface area contributed by atoms with Gasteiger partial charge in [-0.1, -0.05) is 15.9 Å². The number of hydrazine groups is 1. The molecular formula is C20H17BrF3N3O5. The average Bonchev–Trinajstić information content (AvgIpc) is 2.73. The number of alkyl halides is 3. The Kier molecular flexibility index (Phi) is 8.00. The minimum Gasteiger partial charge on any atom is -0.463 e. The number of anilines is 1. The molecule has 0 aliphatic heterocycles. The molecule has 12 heteroatoms. The number of carbonyl (C=O) groups is 3. The van der Waals surface area contributed by atoms with Crippen LogP contribution < -0.4 is 21.3 Å². The van der Waals surface area contributed by atoms with Gasteiger partial charge in [0.25, 0.3) is 0 Å². The number of ether oxygens (including phenoxy) is 2. The number of esters is 1. The van der Waals surface area contributed by atoms with Crippen molar-refractivity contribution in [2.45, 2.75) is 12.8 Å². The number of carbonyl (C=O) groups excluding carboxylic acids is 3. The molecule has 0 aliphatic rings. The van der Waals surface area contributed by atoms with Crippen LogP contribution in [0.4, 0.5) is 18.9 Å². The average molecular weight is 516 g/mol. The zero-order chi connectivity index (χ0) is 24.1. The van der Waals surface area contributed by atoms with E-state index in [1.54, 1.807) is 0 Å². The second-order valence-corrected chi connectivity index (χ2v) is 7.09.